The zero-order valence-corrected chi connectivity index (χ0v) is 28.2. The van der Waals surface area contributed by atoms with Crippen molar-refractivity contribution in [2.45, 2.75) is 19.3 Å². The maximum atomic E-state index is 2.45. The third kappa shape index (κ3) is 4.20. The molecule has 1 heteroatoms. The van der Waals surface area contributed by atoms with Crippen molar-refractivity contribution in [2.24, 2.45) is 0 Å². The Hall–Kier alpha value is -6.18. The Bertz CT molecular complexity index is 2560. The molecule has 0 saturated heterocycles. The van der Waals surface area contributed by atoms with Crippen molar-refractivity contribution in [1.29, 1.82) is 0 Å². The standard InChI is InChI=1S/C49H35N/c1-49(2)45-20-9-8-16-40(45)44-19-11-21-46(48(44)49)50(35-26-22-33(23-27-35)32-12-4-3-5-13-32)36-28-24-34(25-29-36)37-30-31-43-39-15-7-6-14-38(39)42-18-10-17-41(37)47(42)43/h3-31H,1-2H3. The minimum atomic E-state index is -0.146. The zero-order valence-electron chi connectivity index (χ0n) is 28.2. The molecule has 0 saturated carbocycles. The fourth-order valence-electron chi connectivity index (χ4n) is 8.72. The highest BCUT2D eigenvalue weighted by molar-refractivity contribution is 6.18. The van der Waals surface area contributed by atoms with Crippen LogP contribution in [0.15, 0.2) is 176 Å². The molecule has 0 N–H and O–H groups in total. The normalized spacial score (nSPS) is 13.2. The molecular weight excluding hydrogens is 603 g/mol. The van der Waals surface area contributed by atoms with Gasteiger partial charge in [-0.2, -0.15) is 0 Å². The fraction of sp³-hybridized carbons (Fsp3) is 0.0612. The number of fused-ring (bicyclic) bond motifs is 6. The van der Waals surface area contributed by atoms with Gasteiger partial charge in [-0.05, 0) is 108 Å². The van der Waals surface area contributed by atoms with Crippen LogP contribution in [0.25, 0.3) is 66.4 Å². The molecule has 0 heterocycles. The Balaban J connectivity index is 1.12. The van der Waals surface area contributed by atoms with Crippen molar-refractivity contribution in [1.82, 2.24) is 0 Å². The van der Waals surface area contributed by atoms with E-state index in [2.05, 4.69) is 195 Å². The van der Waals surface area contributed by atoms with Gasteiger partial charge in [-0.25, -0.2) is 0 Å². The molecule has 8 aromatic carbocycles. The average molecular weight is 638 g/mol. The van der Waals surface area contributed by atoms with E-state index < -0.39 is 0 Å². The third-order valence-electron chi connectivity index (χ3n) is 11.0. The van der Waals surface area contributed by atoms with E-state index in [9.17, 15) is 0 Å². The van der Waals surface area contributed by atoms with E-state index in [-0.39, 0.29) is 5.41 Å². The first-order chi connectivity index (χ1) is 24.6. The van der Waals surface area contributed by atoms with Crippen LogP contribution in [0.1, 0.15) is 25.0 Å². The predicted molar refractivity (Wildman–Crippen MR) is 211 cm³/mol. The van der Waals surface area contributed by atoms with Crippen LogP contribution in [-0.2, 0) is 5.41 Å². The van der Waals surface area contributed by atoms with Crippen molar-refractivity contribution >= 4 is 27.8 Å². The van der Waals surface area contributed by atoms with Gasteiger partial charge in [0.25, 0.3) is 0 Å². The summed E-state index contributed by atoms with van der Waals surface area (Å²) >= 11 is 0. The smallest absolute Gasteiger partial charge is 0.0508 e. The molecule has 0 fully saturated rings. The molecule has 0 aliphatic heterocycles. The van der Waals surface area contributed by atoms with Crippen LogP contribution in [0, 0.1) is 0 Å². The van der Waals surface area contributed by atoms with Gasteiger partial charge >= 0.3 is 0 Å². The number of rotatable bonds is 5. The largest absolute Gasteiger partial charge is 0.310 e. The SMILES string of the molecule is CC1(C)c2ccccc2-c2cccc(N(c3ccc(-c4ccccc4)cc3)c3ccc(-c4ccc5c6c(cccc46)-c4ccccc4-5)cc3)c21. The van der Waals surface area contributed by atoms with Crippen LogP contribution in [0.3, 0.4) is 0 Å². The van der Waals surface area contributed by atoms with Crippen molar-refractivity contribution in [2.75, 3.05) is 4.90 Å². The molecule has 0 spiro atoms. The Kier molecular flexibility index (Phi) is 6.29. The lowest BCUT2D eigenvalue weighted by Gasteiger charge is -2.32. The summed E-state index contributed by atoms with van der Waals surface area (Å²) in [6, 6.07) is 64.7. The molecule has 0 atom stereocenters. The molecule has 236 valence electrons. The van der Waals surface area contributed by atoms with Gasteiger partial charge in [-0.15, -0.1) is 0 Å². The van der Waals surface area contributed by atoms with Crippen LogP contribution in [0.5, 0.6) is 0 Å². The topological polar surface area (TPSA) is 3.24 Å². The minimum Gasteiger partial charge on any atom is -0.310 e. The molecule has 0 amide bonds. The van der Waals surface area contributed by atoms with Crippen molar-refractivity contribution in [3.8, 4) is 55.6 Å². The second-order valence-electron chi connectivity index (χ2n) is 14.1. The zero-order chi connectivity index (χ0) is 33.4. The van der Waals surface area contributed by atoms with Crippen LogP contribution < -0.4 is 4.90 Å². The van der Waals surface area contributed by atoms with E-state index in [4.69, 9.17) is 0 Å². The lowest BCUT2D eigenvalue weighted by Crippen LogP contribution is -2.20. The van der Waals surface area contributed by atoms with Crippen molar-refractivity contribution in [3.63, 3.8) is 0 Å². The summed E-state index contributed by atoms with van der Waals surface area (Å²) < 4.78 is 0. The quantitative estimate of drug-likeness (QED) is 0.181. The molecule has 2 aliphatic carbocycles. The maximum Gasteiger partial charge on any atom is 0.0508 e. The second-order valence-corrected chi connectivity index (χ2v) is 14.1. The summed E-state index contributed by atoms with van der Waals surface area (Å²) in [5.74, 6) is 0. The lowest BCUT2D eigenvalue weighted by atomic mass is 9.81. The average Bonchev–Trinajstić information content (AvgIpc) is 3.63. The van der Waals surface area contributed by atoms with Gasteiger partial charge < -0.3 is 4.90 Å². The predicted octanol–water partition coefficient (Wildman–Crippen LogP) is 13.6. The van der Waals surface area contributed by atoms with Gasteiger partial charge in [0.1, 0.15) is 0 Å². The van der Waals surface area contributed by atoms with Gasteiger partial charge in [0.05, 0.1) is 5.69 Å². The van der Waals surface area contributed by atoms with Crippen LogP contribution in [0.4, 0.5) is 17.1 Å². The van der Waals surface area contributed by atoms with E-state index in [0.717, 1.165) is 11.4 Å². The number of hydrogen-bond acceptors (Lipinski definition) is 1. The van der Waals surface area contributed by atoms with Gasteiger partial charge in [-0.3, -0.25) is 0 Å². The van der Waals surface area contributed by atoms with E-state index in [1.54, 1.807) is 0 Å². The van der Waals surface area contributed by atoms with Gasteiger partial charge in [-0.1, -0.05) is 159 Å². The maximum absolute atomic E-state index is 2.45. The number of hydrogen-bond donors (Lipinski definition) is 0. The number of nitrogens with zero attached hydrogens (tertiary/aromatic N) is 1. The Morgan fingerprint density at radius 2 is 0.880 bits per heavy atom. The Morgan fingerprint density at radius 1 is 0.360 bits per heavy atom. The van der Waals surface area contributed by atoms with Gasteiger partial charge in [0, 0.05) is 16.8 Å². The van der Waals surface area contributed by atoms with E-state index in [0.29, 0.717) is 0 Å². The van der Waals surface area contributed by atoms with E-state index in [1.165, 1.54) is 83.2 Å². The van der Waals surface area contributed by atoms with Gasteiger partial charge in [0.15, 0.2) is 0 Å². The van der Waals surface area contributed by atoms with Crippen molar-refractivity contribution < 1.29 is 0 Å². The number of anilines is 3. The molecule has 1 nitrogen and oxygen atoms in total. The molecule has 0 aromatic heterocycles. The first-order valence-corrected chi connectivity index (χ1v) is 17.5. The van der Waals surface area contributed by atoms with Crippen molar-refractivity contribution in [3.05, 3.63) is 187 Å². The summed E-state index contributed by atoms with van der Waals surface area (Å²) in [6.07, 6.45) is 0. The lowest BCUT2D eigenvalue weighted by molar-refractivity contribution is 0.661. The highest BCUT2D eigenvalue weighted by Crippen LogP contribution is 2.54. The summed E-state index contributed by atoms with van der Waals surface area (Å²) in [6.45, 7) is 4.74. The first kappa shape index (κ1) is 28.8. The molecule has 2 aliphatic rings. The highest BCUT2D eigenvalue weighted by atomic mass is 15.1. The minimum absolute atomic E-state index is 0.146. The van der Waals surface area contributed by atoms with E-state index >= 15 is 0 Å². The molecule has 10 rings (SSSR count). The van der Waals surface area contributed by atoms with Crippen LogP contribution in [0.2, 0.25) is 0 Å². The number of benzene rings is 8. The molecule has 0 bridgehead atoms. The Labute approximate surface area is 293 Å². The first-order valence-electron chi connectivity index (χ1n) is 17.5. The monoisotopic (exact) mass is 637 g/mol. The summed E-state index contributed by atoms with van der Waals surface area (Å²) in [5, 5.41) is 2.66. The van der Waals surface area contributed by atoms with E-state index in [1.807, 2.05) is 0 Å². The fourth-order valence-corrected chi connectivity index (χ4v) is 8.72. The van der Waals surface area contributed by atoms with Crippen LogP contribution in [-0.4, -0.2) is 0 Å². The summed E-state index contributed by atoms with van der Waals surface area (Å²) in [5.41, 5.74) is 19.0. The summed E-state index contributed by atoms with van der Waals surface area (Å²) in [4.78, 5) is 2.45. The Morgan fingerprint density at radius 3 is 1.60 bits per heavy atom. The molecule has 0 unspecified atom stereocenters. The molecule has 50 heavy (non-hydrogen) atoms. The van der Waals surface area contributed by atoms with Crippen LogP contribution >= 0.6 is 0 Å². The second kappa shape index (κ2) is 10.9. The molecule has 8 aromatic rings. The molecular formula is C49H35N. The molecule has 0 radical (unpaired) electrons. The highest BCUT2D eigenvalue weighted by Gasteiger charge is 2.38. The van der Waals surface area contributed by atoms with Gasteiger partial charge in [0.2, 0.25) is 0 Å². The third-order valence-corrected chi connectivity index (χ3v) is 11.0. The summed E-state index contributed by atoms with van der Waals surface area (Å²) in [7, 11) is 0.